The maximum Gasteiger partial charge on any atom is 0.239 e. The zero-order chi connectivity index (χ0) is 14.8. The fourth-order valence-corrected chi connectivity index (χ4v) is 3.60. The third-order valence-electron chi connectivity index (χ3n) is 4.80. The van der Waals surface area contributed by atoms with Crippen LogP contribution in [-0.4, -0.2) is 48.5 Å². The molecule has 0 aromatic heterocycles. The van der Waals surface area contributed by atoms with Gasteiger partial charge in [-0.1, -0.05) is 12.1 Å². The molecule has 3 rings (SSSR count). The molecule has 21 heavy (non-hydrogen) atoms. The molecule has 2 aliphatic rings. The van der Waals surface area contributed by atoms with Crippen molar-refractivity contribution in [3.05, 3.63) is 29.8 Å². The largest absolute Gasteiger partial charge is 0.497 e. The van der Waals surface area contributed by atoms with Crippen LogP contribution in [0.4, 0.5) is 0 Å². The second-order valence-corrected chi connectivity index (χ2v) is 6.11. The fourth-order valence-electron chi connectivity index (χ4n) is 3.60. The van der Waals surface area contributed by atoms with E-state index in [-0.39, 0.29) is 6.04 Å². The first-order chi connectivity index (χ1) is 10.2. The van der Waals surface area contributed by atoms with Crippen LogP contribution in [-0.2, 0) is 11.3 Å². The maximum absolute atomic E-state index is 12.6. The van der Waals surface area contributed by atoms with Crippen LogP contribution in [0, 0.1) is 5.92 Å². The predicted molar refractivity (Wildman–Crippen MR) is 82.2 cm³/mol. The number of rotatable bonds is 4. The molecule has 114 valence electrons. The van der Waals surface area contributed by atoms with E-state index in [0.717, 1.165) is 38.3 Å². The Balaban J connectivity index is 1.74. The van der Waals surface area contributed by atoms with Gasteiger partial charge in [0.05, 0.1) is 13.2 Å². The summed E-state index contributed by atoms with van der Waals surface area (Å²) in [4.78, 5) is 16.9. The van der Waals surface area contributed by atoms with Crippen molar-refractivity contribution in [2.24, 2.45) is 5.92 Å². The van der Waals surface area contributed by atoms with Gasteiger partial charge in [-0.3, -0.25) is 9.69 Å². The Morgan fingerprint density at radius 3 is 3.00 bits per heavy atom. The minimum Gasteiger partial charge on any atom is -0.497 e. The summed E-state index contributed by atoms with van der Waals surface area (Å²) in [5.41, 5.74) is 1.22. The predicted octanol–water partition coefficient (Wildman–Crippen LogP) is 2.14. The third-order valence-corrected chi connectivity index (χ3v) is 4.80. The standard InChI is InChI=1S/C17H24N2O2/c1-3-18-11-14-7-8-19(16(10-14)17(18)20)12-13-5-4-6-15(9-13)21-2/h4-6,9,14,16H,3,7-8,10-12H2,1-2H3/t14-,16+/m0/s1. The van der Waals surface area contributed by atoms with E-state index < -0.39 is 0 Å². The molecular weight excluding hydrogens is 264 g/mol. The van der Waals surface area contributed by atoms with Crippen molar-refractivity contribution in [1.29, 1.82) is 0 Å². The number of hydrogen-bond donors (Lipinski definition) is 0. The number of carbonyl (C=O) groups is 1. The topological polar surface area (TPSA) is 32.8 Å². The number of carbonyl (C=O) groups excluding carboxylic acids is 1. The highest BCUT2D eigenvalue weighted by molar-refractivity contribution is 5.83. The van der Waals surface area contributed by atoms with Crippen molar-refractivity contribution in [2.75, 3.05) is 26.7 Å². The van der Waals surface area contributed by atoms with Crippen LogP contribution in [0.1, 0.15) is 25.3 Å². The summed E-state index contributed by atoms with van der Waals surface area (Å²) in [5.74, 6) is 1.89. The van der Waals surface area contributed by atoms with Crippen LogP contribution in [0.5, 0.6) is 5.75 Å². The maximum atomic E-state index is 12.6. The summed E-state index contributed by atoms with van der Waals surface area (Å²) >= 11 is 0. The molecule has 0 spiro atoms. The van der Waals surface area contributed by atoms with Gasteiger partial charge in [-0.15, -0.1) is 0 Å². The smallest absolute Gasteiger partial charge is 0.239 e. The second kappa shape index (κ2) is 6.06. The molecule has 1 amide bonds. The fraction of sp³-hybridized carbons (Fsp3) is 0.588. The third kappa shape index (κ3) is 2.91. The van der Waals surface area contributed by atoms with Crippen LogP contribution in [0.25, 0.3) is 0 Å². The van der Waals surface area contributed by atoms with Crippen molar-refractivity contribution in [1.82, 2.24) is 9.80 Å². The molecule has 4 heteroatoms. The number of likely N-dealkylation sites (N-methyl/N-ethyl adjacent to an activating group) is 1. The Morgan fingerprint density at radius 1 is 1.38 bits per heavy atom. The van der Waals surface area contributed by atoms with Crippen molar-refractivity contribution >= 4 is 5.91 Å². The minimum absolute atomic E-state index is 0.0728. The molecule has 2 heterocycles. The lowest BCUT2D eigenvalue weighted by Crippen LogP contribution is -2.58. The van der Waals surface area contributed by atoms with Crippen molar-refractivity contribution in [3.63, 3.8) is 0 Å². The van der Waals surface area contributed by atoms with Crippen LogP contribution in [0.2, 0.25) is 0 Å². The van der Waals surface area contributed by atoms with Crippen molar-refractivity contribution < 1.29 is 9.53 Å². The van der Waals surface area contributed by atoms with E-state index in [1.165, 1.54) is 12.0 Å². The number of likely N-dealkylation sites (tertiary alicyclic amines) is 2. The van der Waals surface area contributed by atoms with Gasteiger partial charge in [0, 0.05) is 19.6 Å². The van der Waals surface area contributed by atoms with E-state index in [1.807, 2.05) is 17.0 Å². The number of nitrogens with zero attached hydrogens (tertiary/aromatic N) is 2. The van der Waals surface area contributed by atoms with E-state index in [9.17, 15) is 4.79 Å². The highest BCUT2D eigenvalue weighted by atomic mass is 16.5. The van der Waals surface area contributed by atoms with Gasteiger partial charge in [0.25, 0.3) is 0 Å². The minimum atomic E-state index is 0.0728. The number of hydrogen-bond acceptors (Lipinski definition) is 3. The Kier molecular flexibility index (Phi) is 4.15. The SMILES string of the molecule is CCN1C[C@H]2CCN(Cc3cccc(OC)c3)[C@H](C2)C1=O. The van der Waals surface area contributed by atoms with Crippen molar-refractivity contribution in [2.45, 2.75) is 32.4 Å². The monoisotopic (exact) mass is 288 g/mol. The normalized spacial score (nSPS) is 26.0. The van der Waals surface area contributed by atoms with Gasteiger partial charge in [0.15, 0.2) is 0 Å². The van der Waals surface area contributed by atoms with Crippen LogP contribution >= 0.6 is 0 Å². The molecule has 0 unspecified atom stereocenters. The summed E-state index contributed by atoms with van der Waals surface area (Å²) < 4.78 is 5.29. The summed E-state index contributed by atoms with van der Waals surface area (Å²) in [7, 11) is 1.69. The van der Waals surface area contributed by atoms with Gasteiger partial charge in [-0.2, -0.15) is 0 Å². The van der Waals surface area contributed by atoms with Crippen LogP contribution < -0.4 is 4.74 Å². The molecule has 0 N–H and O–H groups in total. The number of benzene rings is 1. The molecular formula is C17H24N2O2. The van der Waals surface area contributed by atoms with Crippen LogP contribution in [0.15, 0.2) is 24.3 Å². The zero-order valence-electron chi connectivity index (χ0n) is 12.9. The first-order valence-corrected chi connectivity index (χ1v) is 7.87. The molecule has 2 saturated heterocycles. The summed E-state index contributed by atoms with van der Waals surface area (Å²) in [6.07, 6.45) is 2.23. The molecule has 2 atom stereocenters. The number of methoxy groups -OCH3 is 1. The molecule has 2 aliphatic heterocycles. The van der Waals surface area contributed by atoms with Crippen molar-refractivity contribution in [3.8, 4) is 5.75 Å². The molecule has 1 aromatic carbocycles. The summed E-state index contributed by atoms with van der Waals surface area (Å²) in [6, 6.07) is 8.22. The number of amides is 1. The molecule has 0 aliphatic carbocycles. The van der Waals surface area contributed by atoms with E-state index in [1.54, 1.807) is 7.11 Å². The highest BCUT2D eigenvalue weighted by Crippen LogP contribution is 2.31. The Hall–Kier alpha value is -1.55. The van der Waals surface area contributed by atoms with Gasteiger partial charge < -0.3 is 9.64 Å². The van der Waals surface area contributed by atoms with E-state index >= 15 is 0 Å². The Labute approximate surface area is 126 Å². The quantitative estimate of drug-likeness (QED) is 0.851. The van der Waals surface area contributed by atoms with Gasteiger partial charge in [-0.25, -0.2) is 0 Å². The van der Waals surface area contributed by atoms with Crippen LogP contribution in [0.3, 0.4) is 0 Å². The first-order valence-electron chi connectivity index (χ1n) is 7.87. The van der Waals surface area contributed by atoms with E-state index in [4.69, 9.17) is 4.74 Å². The second-order valence-electron chi connectivity index (χ2n) is 6.11. The average Bonchev–Trinajstić information content (AvgIpc) is 2.53. The first kappa shape index (κ1) is 14.4. The molecule has 0 saturated carbocycles. The number of piperidine rings is 2. The summed E-state index contributed by atoms with van der Waals surface area (Å²) in [5, 5.41) is 0. The van der Waals surface area contributed by atoms with Gasteiger partial charge in [0.1, 0.15) is 5.75 Å². The average molecular weight is 288 g/mol. The molecule has 0 radical (unpaired) electrons. The van der Waals surface area contributed by atoms with Gasteiger partial charge in [0.2, 0.25) is 5.91 Å². The molecule has 2 bridgehead atoms. The summed E-state index contributed by atoms with van der Waals surface area (Å²) in [6.45, 7) is 5.72. The highest BCUT2D eigenvalue weighted by Gasteiger charge is 2.40. The van der Waals surface area contributed by atoms with E-state index in [2.05, 4.69) is 24.0 Å². The van der Waals surface area contributed by atoms with E-state index in [0.29, 0.717) is 11.8 Å². The molecule has 1 aromatic rings. The Morgan fingerprint density at radius 2 is 2.24 bits per heavy atom. The number of fused-ring (bicyclic) bond motifs is 2. The van der Waals surface area contributed by atoms with Gasteiger partial charge >= 0.3 is 0 Å². The lowest BCUT2D eigenvalue weighted by atomic mass is 9.85. The lowest BCUT2D eigenvalue weighted by molar-refractivity contribution is -0.145. The molecule has 2 fully saturated rings. The Bertz CT molecular complexity index is 517. The lowest BCUT2D eigenvalue weighted by Gasteiger charge is -2.46. The number of ether oxygens (including phenoxy) is 1. The van der Waals surface area contributed by atoms with Gasteiger partial charge in [-0.05, 0) is 49.9 Å². The zero-order valence-corrected chi connectivity index (χ0v) is 12.9. The molecule has 4 nitrogen and oxygen atoms in total.